The van der Waals surface area contributed by atoms with Crippen molar-refractivity contribution in [3.8, 4) is 0 Å². The molecule has 1 aromatic carbocycles. The summed E-state index contributed by atoms with van der Waals surface area (Å²) in [5.74, 6) is 0.849. The van der Waals surface area contributed by atoms with Crippen molar-refractivity contribution < 1.29 is 0 Å². The zero-order valence-corrected chi connectivity index (χ0v) is 12.2. The molecule has 1 unspecified atom stereocenters. The van der Waals surface area contributed by atoms with Gasteiger partial charge >= 0.3 is 0 Å². The van der Waals surface area contributed by atoms with Crippen LogP contribution in [0.5, 0.6) is 0 Å². The first-order chi connectivity index (χ1) is 8.65. The lowest BCUT2D eigenvalue weighted by Crippen LogP contribution is -2.17. The van der Waals surface area contributed by atoms with E-state index in [1.165, 1.54) is 0 Å². The summed E-state index contributed by atoms with van der Waals surface area (Å²) in [5, 5.41) is 8.82. The number of nitrogens with zero attached hydrogens (tertiary/aromatic N) is 2. The molecule has 1 aliphatic rings. The van der Waals surface area contributed by atoms with E-state index in [1.54, 1.807) is 10.9 Å². The van der Waals surface area contributed by atoms with Crippen molar-refractivity contribution in [2.45, 2.75) is 6.04 Å². The van der Waals surface area contributed by atoms with E-state index in [0.717, 1.165) is 20.9 Å². The summed E-state index contributed by atoms with van der Waals surface area (Å²) in [6.45, 7) is 0. The maximum Gasteiger partial charge on any atom is 0.145 e. The molecule has 1 aromatic heterocycles. The molecule has 3 rings (SSSR count). The van der Waals surface area contributed by atoms with Gasteiger partial charge in [-0.15, -0.1) is 0 Å². The van der Waals surface area contributed by atoms with Crippen LogP contribution in [0.2, 0.25) is 5.02 Å². The average Bonchev–Trinajstić information content (AvgIpc) is 2.73. The minimum absolute atomic E-state index is 0.00951. The van der Waals surface area contributed by atoms with E-state index in [2.05, 4.69) is 26.3 Å². The van der Waals surface area contributed by atoms with Crippen LogP contribution in [-0.2, 0) is 0 Å². The van der Waals surface area contributed by atoms with Crippen LogP contribution < -0.4 is 5.32 Å². The molecule has 0 fully saturated rings. The van der Waals surface area contributed by atoms with Gasteiger partial charge < -0.3 is 5.32 Å². The Labute approximate surface area is 123 Å². The van der Waals surface area contributed by atoms with Crippen molar-refractivity contribution in [1.29, 1.82) is 0 Å². The highest BCUT2D eigenvalue weighted by atomic mass is 79.9. The number of aromatic nitrogens is 2. The van der Waals surface area contributed by atoms with Gasteiger partial charge in [-0.3, -0.25) is 0 Å². The van der Waals surface area contributed by atoms with Crippen molar-refractivity contribution in [3.63, 3.8) is 0 Å². The molecule has 18 heavy (non-hydrogen) atoms. The van der Waals surface area contributed by atoms with Crippen LogP contribution in [-0.4, -0.2) is 9.78 Å². The van der Waals surface area contributed by atoms with Gasteiger partial charge in [0, 0.05) is 5.02 Å². The summed E-state index contributed by atoms with van der Waals surface area (Å²) in [7, 11) is 0. The standard InChI is InChI=1S/C12H8BrCl2N3/c13-9-6-16-18-11(15)5-10(17-12(9)18)7-1-3-8(14)4-2-7/h1-6,10,17H. The van der Waals surface area contributed by atoms with Crippen molar-refractivity contribution >= 4 is 50.1 Å². The van der Waals surface area contributed by atoms with E-state index < -0.39 is 0 Å². The molecule has 2 aromatic rings. The second-order valence-electron chi connectivity index (χ2n) is 3.92. The quantitative estimate of drug-likeness (QED) is 0.825. The molecule has 0 bridgehead atoms. The highest BCUT2D eigenvalue weighted by Gasteiger charge is 2.21. The molecule has 1 aliphatic heterocycles. The monoisotopic (exact) mass is 343 g/mol. The third kappa shape index (κ3) is 2.05. The lowest BCUT2D eigenvalue weighted by atomic mass is 10.1. The number of hydrogen-bond donors (Lipinski definition) is 1. The topological polar surface area (TPSA) is 29.9 Å². The van der Waals surface area contributed by atoms with Gasteiger partial charge in [0.25, 0.3) is 0 Å². The summed E-state index contributed by atoms with van der Waals surface area (Å²) in [4.78, 5) is 0. The van der Waals surface area contributed by atoms with Crippen LogP contribution in [0.3, 0.4) is 0 Å². The second kappa shape index (κ2) is 4.61. The molecule has 1 atom stereocenters. The SMILES string of the molecule is ClC1=CC(c2ccc(Cl)cc2)Nc2c(Br)cnn21. The molecular weight excluding hydrogens is 337 g/mol. The van der Waals surface area contributed by atoms with Gasteiger partial charge in [-0.1, -0.05) is 35.3 Å². The van der Waals surface area contributed by atoms with Crippen LogP contribution in [0.25, 0.3) is 5.16 Å². The number of fused-ring (bicyclic) bond motifs is 1. The van der Waals surface area contributed by atoms with E-state index in [1.807, 2.05) is 30.3 Å². The van der Waals surface area contributed by atoms with Gasteiger partial charge in [0.2, 0.25) is 0 Å². The molecule has 0 aliphatic carbocycles. The molecule has 0 saturated carbocycles. The largest absolute Gasteiger partial charge is 0.359 e. The van der Waals surface area contributed by atoms with Crippen LogP contribution in [0.4, 0.5) is 5.82 Å². The Bertz CT molecular complexity index is 619. The van der Waals surface area contributed by atoms with Crippen molar-refractivity contribution in [3.05, 3.63) is 51.6 Å². The number of hydrogen-bond acceptors (Lipinski definition) is 2. The summed E-state index contributed by atoms with van der Waals surface area (Å²) in [6, 6.07) is 7.68. The van der Waals surface area contributed by atoms with Gasteiger partial charge in [0.15, 0.2) is 0 Å². The predicted molar refractivity (Wildman–Crippen MR) is 77.9 cm³/mol. The Morgan fingerprint density at radius 2 is 1.94 bits per heavy atom. The first kappa shape index (κ1) is 12.1. The summed E-state index contributed by atoms with van der Waals surface area (Å²) in [6.07, 6.45) is 3.63. The Morgan fingerprint density at radius 1 is 1.22 bits per heavy atom. The van der Waals surface area contributed by atoms with Gasteiger partial charge in [0.1, 0.15) is 11.0 Å². The summed E-state index contributed by atoms with van der Waals surface area (Å²) in [5.41, 5.74) is 1.09. The Balaban J connectivity index is 2.00. The molecule has 1 N–H and O–H groups in total. The minimum Gasteiger partial charge on any atom is -0.359 e. The first-order valence-electron chi connectivity index (χ1n) is 5.28. The second-order valence-corrected chi connectivity index (χ2v) is 5.59. The third-order valence-corrected chi connectivity index (χ3v) is 3.87. The minimum atomic E-state index is 0.00951. The van der Waals surface area contributed by atoms with E-state index in [9.17, 15) is 0 Å². The first-order valence-corrected chi connectivity index (χ1v) is 6.83. The number of benzene rings is 1. The van der Waals surface area contributed by atoms with Crippen LogP contribution in [0.15, 0.2) is 41.0 Å². The fraction of sp³-hybridized carbons (Fsp3) is 0.0833. The number of rotatable bonds is 1. The summed E-state index contributed by atoms with van der Waals surface area (Å²) >= 11 is 15.5. The highest BCUT2D eigenvalue weighted by Crippen LogP contribution is 2.35. The molecule has 0 spiro atoms. The smallest absolute Gasteiger partial charge is 0.145 e. The molecule has 0 radical (unpaired) electrons. The Morgan fingerprint density at radius 3 is 2.67 bits per heavy atom. The zero-order chi connectivity index (χ0) is 12.7. The number of anilines is 1. The molecule has 3 nitrogen and oxygen atoms in total. The third-order valence-electron chi connectivity index (χ3n) is 2.75. The van der Waals surface area contributed by atoms with E-state index in [0.29, 0.717) is 5.16 Å². The Hall–Kier alpha value is -0.970. The predicted octanol–water partition coefficient (Wildman–Crippen LogP) is 4.50. The highest BCUT2D eigenvalue weighted by molar-refractivity contribution is 9.10. The van der Waals surface area contributed by atoms with Gasteiger partial charge in [-0.05, 0) is 39.7 Å². The van der Waals surface area contributed by atoms with E-state index in [4.69, 9.17) is 23.2 Å². The number of nitrogens with one attached hydrogen (secondary N) is 1. The molecule has 0 amide bonds. The van der Waals surface area contributed by atoms with Crippen LogP contribution in [0.1, 0.15) is 11.6 Å². The Kier molecular flexibility index (Phi) is 3.09. The van der Waals surface area contributed by atoms with Gasteiger partial charge in [-0.2, -0.15) is 5.10 Å². The maximum absolute atomic E-state index is 6.21. The molecular formula is C12H8BrCl2N3. The molecule has 2 heterocycles. The average molecular weight is 345 g/mol. The van der Waals surface area contributed by atoms with Crippen LogP contribution in [0, 0.1) is 0 Å². The van der Waals surface area contributed by atoms with Crippen molar-refractivity contribution in [1.82, 2.24) is 9.78 Å². The van der Waals surface area contributed by atoms with E-state index >= 15 is 0 Å². The molecule has 6 heteroatoms. The fourth-order valence-electron chi connectivity index (χ4n) is 1.87. The van der Waals surface area contributed by atoms with Crippen molar-refractivity contribution in [2.75, 3.05) is 5.32 Å². The molecule has 0 saturated heterocycles. The van der Waals surface area contributed by atoms with Crippen molar-refractivity contribution in [2.24, 2.45) is 0 Å². The summed E-state index contributed by atoms with van der Waals surface area (Å²) < 4.78 is 2.53. The van der Waals surface area contributed by atoms with E-state index in [-0.39, 0.29) is 6.04 Å². The maximum atomic E-state index is 6.21. The van der Waals surface area contributed by atoms with Gasteiger partial charge in [0.05, 0.1) is 16.7 Å². The molecule has 92 valence electrons. The van der Waals surface area contributed by atoms with Gasteiger partial charge in [-0.25, -0.2) is 4.68 Å². The lowest BCUT2D eigenvalue weighted by molar-refractivity contribution is 0.847. The zero-order valence-electron chi connectivity index (χ0n) is 9.07. The van der Waals surface area contributed by atoms with Crippen LogP contribution >= 0.6 is 39.1 Å². The fourth-order valence-corrected chi connectivity index (χ4v) is 2.62. The number of halogens is 3. The normalized spacial score (nSPS) is 17.9. The lowest BCUT2D eigenvalue weighted by Gasteiger charge is -2.23.